The maximum absolute atomic E-state index is 12.9. The molecule has 0 aliphatic heterocycles. The fraction of sp³-hybridized carbons (Fsp3) is 0.174. The number of aromatic nitrogens is 1. The van der Waals surface area contributed by atoms with E-state index in [1.807, 2.05) is 0 Å². The highest BCUT2D eigenvalue weighted by Gasteiger charge is 2.19. The number of aliphatic carboxylic acids is 1. The quantitative estimate of drug-likeness (QED) is 0.328. The van der Waals surface area contributed by atoms with Crippen molar-refractivity contribution in [3.8, 4) is 0 Å². The predicted octanol–water partition coefficient (Wildman–Crippen LogP) is 3.82. The molecule has 0 spiro atoms. The van der Waals surface area contributed by atoms with Crippen LogP contribution in [0.15, 0.2) is 68.7 Å². The molecular weight excluding hydrogens is 462 g/mol. The Morgan fingerprint density at radius 2 is 1.51 bits per heavy atom. The van der Waals surface area contributed by atoms with E-state index >= 15 is 0 Å². The molecule has 0 saturated heterocycles. The molecule has 0 amide bonds. The van der Waals surface area contributed by atoms with Crippen molar-refractivity contribution in [1.29, 1.82) is 0 Å². The molecule has 2 heterocycles. The van der Waals surface area contributed by atoms with E-state index in [-0.39, 0.29) is 45.1 Å². The Balaban J connectivity index is 0.000000795. The minimum absolute atomic E-state index is 0.0979. The summed E-state index contributed by atoms with van der Waals surface area (Å²) in [6, 6.07) is 10.9. The Hall–Kier alpha value is -4.87. The second-order valence-corrected chi connectivity index (χ2v) is 7.59. The van der Waals surface area contributed by atoms with Crippen LogP contribution in [0.2, 0.25) is 0 Å². The molecule has 0 aliphatic rings. The molecule has 12 heteroatoms. The van der Waals surface area contributed by atoms with Crippen LogP contribution in [0.5, 0.6) is 0 Å². The van der Waals surface area contributed by atoms with E-state index in [2.05, 4.69) is 0 Å². The fourth-order valence-electron chi connectivity index (χ4n) is 3.68. The number of hydrogen-bond donors (Lipinski definition) is 1. The maximum atomic E-state index is 12.9. The average Bonchev–Trinajstić information content (AvgIpc) is 2.78. The van der Waals surface area contributed by atoms with Crippen LogP contribution in [-0.4, -0.2) is 25.5 Å². The van der Waals surface area contributed by atoms with E-state index in [4.69, 9.17) is 14.3 Å². The lowest BCUT2D eigenvalue weighted by Crippen LogP contribution is -2.24. The summed E-state index contributed by atoms with van der Waals surface area (Å²) in [5.41, 5.74) is -1.51. The number of hydrogen-bond acceptors (Lipinski definition) is 8. The number of nitro groups is 2. The summed E-state index contributed by atoms with van der Waals surface area (Å²) in [7, 11) is 0. The topological polar surface area (TPSA) is 176 Å². The molecule has 4 aromatic rings. The van der Waals surface area contributed by atoms with Gasteiger partial charge in [-0.05, 0) is 31.2 Å². The van der Waals surface area contributed by atoms with Gasteiger partial charge in [-0.25, -0.2) is 4.79 Å². The van der Waals surface area contributed by atoms with Gasteiger partial charge >= 0.3 is 5.63 Å². The van der Waals surface area contributed by atoms with Gasteiger partial charge in [0.1, 0.15) is 5.76 Å². The minimum atomic E-state index is -0.833. The van der Waals surface area contributed by atoms with E-state index in [1.54, 1.807) is 6.92 Å². The molecule has 0 aliphatic carbocycles. The van der Waals surface area contributed by atoms with Crippen LogP contribution < -0.4 is 11.2 Å². The summed E-state index contributed by atoms with van der Waals surface area (Å²) in [5, 5.41) is 30.6. The number of carboxylic acids is 1. The number of rotatable bonds is 5. The average molecular weight is 481 g/mol. The zero-order valence-electron chi connectivity index (χ0n) is 18.5. The third-order valence-corrected chi connectivity index (χ3v) is 5.15. The van der Waals surface area contributed by atoms with Gasteiger partial charge in [0.2, 0.25) is 0 Å². The highest BCUT2D eigenvalue weighted by atomic mass is 16.6. The van der Waals surface area contributed by atoms with Gasteiger partial charge in [0.15, 0.2) is 0 Å². The monoisotopic (exact) mass is 481 g/mol. The Bertz CT molecular complexity index is 1580. The first-order valence-electron chi connectivity index (χ1n) is 10.2. The number of carbonyl (C=O) groups is 1. The lowest BCUT2D eigenvalue weighted by atomic mass is 10.1. The van der Waals surface area contributed by atoms with Crippen molar-refractivity contribution >= 4 is 38.9 Å². The Kier molecular flexibility index (Phi) is 7.04. The molecule has 4 rings (SSSR count). The number of fused-ring (bicyclic) bond motifs is 2. The second-order valence-electron chi connectivity index (χ2n) is 7.59. The lowest BCUT2D eigenvalue weighted by Gasteiger charge is -2.15. The minimum Gasteiger partial charge on any atom is -0.481 e. The molecule has 35 heavy (non-hydrogen) atoms. The van der Waals surface area contributed by atoms with E-state index < -0.39 is 33.0 Å². The van der Waals surface area contributed by atoms with Gasteiger partial charge < -0.3 is 14.1 Å². The number of pyridine rings is 1. The van der Waals surface area contributed by atoms with Gasteiger partial charge in [-0.15, -0.1) is 0 Å². The predicted molar refractivity (Wildman–Crippen MR) is 126 cm³/mol. The zero-order valence-corrected chi connectivity index (χ0v) is 18.5. The van der Waals surface area contributed by atoms with Gasteiger partial charge in [-0.1, -0.05) is 12.1 Å². The highest BCUT2D eigenvalue weighted by Crippen LogP contribution is 2.26. The van der Waals surface area contributed by atoms with Crippen LogP contribution in [0, 0.1) is 20.2 Å². The van der Waals surface area contributed by atoms with E-state index in [9.17, 15) is 29.8 Å². The molecule has 0 radical (unpaired) electrons. The first-order chi connectivity index (χ1) is 16.5. The largest absolute Gasteiger partial charge is 0.481 e. The summed E-state index contributed by atoms with van der Waals surface area (Å²) in [5.74, 6) is -0.648. The summed E-state index contributed by atoms with van der Waals surface area (Å²) in [6.45, 7) is 2.80. The number of benzene rings is 2. The zero-order chi connectivity index (χ0) is 25.9. The van der Waals surface area contributed by atoms with Crippen molar-refractivity contribution in [3.05, 3.63) is 101 Å². The molecule has 1 atom stereocenters. The molecular formula is C23H19N3O9. The van der Waals surface area contributed by atoms with Crippen LogP contribution in [0.3, 0.4) is 0 Å². The first kappa shape index (κ1) is 24.8. The van der Waals surface area contributed by atoms with Crippen molar-refractivity contribution < 1.29 is 24.2 Å². The van der Waals surface area contributed by atoms with Gasteiger partial charge in [-0.3, -0.25) is 29.8 Å². The Morgan fingerprint density at radius 3 is 2.09 bits per heavy atom. The van der Waals surface area contributed by atoms with Gasteiger partial charge in [0, 0.05) is 37.7 Å². The second kappa shape index (κ2) is 9.95. The lowest BCUT2D eigenvalue weighted by molar-refractivity contribution is -0.383. The number of non-ortho nitro benzene ring substituents is 2. The van der Waals surface area contributed by atoms with Crippen LogP contribution in [0.1, 0.15) is 25.6 Å². The molecule has 2 aromatic carbocycles. The molecule has 0 saturated carbocycles. The number of nitro benzene ring substituents is 2. The van der Waals surface area contributed by atoms with Crippen molar-refractivity contribution in [2.24, 2.45) is 0 Å². The molecule has 2 aromatic heterocycles. The molecule has 1 N–H and O–H groups in total. The summed E-state index contributed by atoms with van der Waals surface area (Å²) < 4.78 is 6.70. The molecule has 0 fully saturated rings. The van der Waals surface area contributed by atoms with Gasteiger partial charge in [-0.2, -0.15) is 0 Å². The smallest absolute Gasteiger partial charge is 0.344 e. The van der Waals surface area contributed by atoms with Crippen molar-refractivity contribution in [2.45, 2.75) is 26.3 Å². The van der Waals surface area contributed by atoms with Crippen LogP contribution >= 0.6 is 0 Å². The van der Waals surface area contributed by atoms with Crippen molar-refractivity contribution in [2.75, 3.05) is 0 Å². The van der Waals surface area contributed by atoms with Gasteiger partial charge in [0.05, 0.1) is 31.4 Å². The van der Waals surface area contributed by atoms with E-state index in [1.165, 1.54) is 59.3 Å². The van der Waals surface area contributed by atoms with E-state index in [0.29, 0.717) is 0 Å². The van der Waals surface area contributed by atoms with Crippen molar-refractivity contribution in [1.82, 2.24) is 4.57 Å². The Labute approximate surface area is 196 Å². The summed E-state index contributed by atoms with van der Waals surface area (Å²) >= 11 is 0. The Morgan fingerprint density at radius 1 is 0.971 bits per heavy atom. The third-order valence-electron chi connectivity index (χ3n) is 5.15. The van der Waals surface area contributed by atoms with Crippen LogP contribution in [0.4, 0.5) is 11.4 Å². The number of carboxylic acid groups (broad SMARTS) is 1. The molecule has 0 bridgehead atoms. The molecule has 12 nitrogen and oxygen atoms in total. The molecule has 0 unspecified atom stereocenters. The first-order valence-corrected chi connectivity index (χ1v) is 10.2. The van der Waals surface area contributed by atoms with E-state index in [0.717, 1.165) is 6.92 Å². The SMILES string of the molecule is CC(=O)O.C[C@H](Cc1cc2c([N+](=O)[O-])cccc2c(=O)o1)n1ccc2c([N+](=O)[O-])cccc2c1=O. The highest BCUT2D eigenvalue weighted by molar-refractivity contribution is 5.90. The van der Waals surface area contributed by atoms with Crippen molar-refractivity contribution in [3.63, 3.8) is 0 Å². The third kappa shape index (κ3) is 5.21. The normalized spacial score (nSPS) is 11.5. The maximum Gasteiger partial charge on any atom is 0.344 e. The standard InChI is InChI=1S/C21H15N3O7.C2H4O2/c1-12(22-9-8-14-15(20(22)25)4-2-6-18(14)23(27)28)10-13-11-17-16(21(26)31-13)5-3-7-19(17)24(29)30;1-2(3)4/h2-9,11-12H,10H2,1H3;1H3,(H,3,4)/t12-;/m1./s1. The van der Waals surface area contributed by atoms with Crippen LogP contribution in [0.25, 0.3) is 21.5 Å². The summed E-state index contributed by atoms with van der Waals surface area (Å²) in [4.78, 5) is 55.6. The van der Waals surface area contributed by atoms with Crippen LogP contribution in [-0.2, 0) is 11.2 Å². The molecule has 180 valence electrons. The number of nitrogens with zero attached hydrogens (tertiary/aromatic N) is 3. The van der Waals surface area contributed by atoms with Gasteiger partial charge in [0.25, 0.3) is 22.9 Å². The fourth-order valence-corrected chi connectivity index (χ4v) is 3.68. The summed E-state index contributed by atoms with van der Waals surface area (Å²) in [6.07, 6.45) is 1.56.